The quantitative estimate of drug-likeness (QED) is 0.865. The lowest BCUT2D eigenvalue weighted by molar-refractivity contribution is 0.361. The molecule has 1 aromatic carbocycles. The first kappa shape index (κ1) is 14.2. The van der Waals surface area contributed by atoms with Crippen molar-refractivity contribution in [3.8, 4) is 0 Å². The van der Waals surface area contributed by atoms with Crippen LogP contribution in [0.25, 0.3) is 10.9 Å². The van der Waals surface area contributed by atoms with Crippen molar-refractivity contribution in [2.24, 2.45) is 5.92 Å². The van der Waals surface area contributed by atoms with E-state index in [1.807, 2.05) is 0 Å². The third-order valence-corrected chi connectivity index (χ3v) is 4.15. The molecule has 4 nitrogen and oxygen atoms in total. The fourth-order valence-corrected chi connectivity index (χ4v) is 2.97. The van der Waals surface area contributed by atoms with E-state index >= 15 is 0 Å². The van der Waals surface area contributed by atoms with E-state index in [1.165, 1.54) is 25.0 Å². The van der Waals surface area contributed by atoms with E-state index in [-0.39, 0.29) is 5.82 Å². The fraction of sp³-hybridized carbons (Fsp3) is 0.500. The summed E-state index contributed by atoms with van der Waals surface area (Å²) in [4.78, 5) is 13.1. The van der Waals surface area contributed by atoms with Crippen LogP contribution in [0.2, 0.25) is 0 Å². The average Bonchev–Trinajstić information content (AvgIpc) is 2.93. The molecule has 0 N–H and O–H groups in total. The van der Waals surface area contributed by atoms with E-state index in [1.54, 1.807) is 12.4 Å². The minimum absolute atomic E-state index is 0.234. The second kappa shape index (κ2) is 5.93. The van der Waals surface area contributed by atoms with E-state index in [4.69, 9.17) is 0 Å². The summed E-state index contributed by atoms with van der Waals surface area (Å²) in [7, 11) is 4.21. The highest BCUT2D eigenvalue weighted by molar-refractivity contribution is 5.89. The minimum atomic E-state index is -0.234. The van der Waals surface area contributed by atoms with E-state index in [0.29, 0.717) is 5.92 Å². The molecule has 0 bridgehead atoms. The molecular weight excluding hydrogens is 267 g/mol. The Morgan fingerprint density at radius 3 is 3.00 bits per heavy atom. The molecule has 1 aliphatic heterocycles. The molecule has 0 aliphatic carbocycles. The number of aromatic nitrogens is 2. The van der Waals surface area contributed by atoms with Crippen molar-refractivity contribution in [3.63, 3.8) is 0 Å². The van der Waals surface area contributed by atoms with Gasteiger partial charge in [-0.3, -0.25) is 0 Å². The van der Waals surface area contributed by atoms with Gasteiger partial charge < -0.3 is 9.80 Å². The number of hydrogen-bond acceptors (Lipinski definition) is 4. The molecule has 2 aromatic rings. The normalized spacial score (nSPS) is 18.9. The summed E-state index contributed by atoms with van der Waals surface area (Å²) in [6.45, 7) is 3.09. The van der Waals surface area contributed by atoms with Crippen molar-refractivity contribution in [3.05, 3.63) is 30.3 Å². The van der Waals surface area contributed by atoms with Crippen molar-refractivity contribution in [2.75, 3.05) is 38.6 Å². The summed E-state index contributed by atoms with van der Waals surface area (Å²) < 4.78 is 13.5. The largest absolute Gasteiger partial charge is 0.356 e. The zero-order valence-electron chi connectivity index (χ0n) is 12.6. The molecule has 0 amide bonds. The highest BCUT2D eigenvalue weighted by Crippen LogP contribution is 2.29. The lowest BCUT2D eigenvalue weighted by Gasteiger charge is -2.19. The summed E-state index contributed by atoms with van der Waals surface area (Å²) in [6, 6.07) is 4.70. The van der Waals surface area contributed by atoms with Crippen LogP contribution in [0.3, 0.4) is 0 Å². The maximum absolute atomic E-state index is 13.5. The lowest BCUT2D eigenvalue weighted by atomic mass is 10.1. The van der Waals surface area contributed by atoms with Crippen molar-refractivity contribution in [1.29, 1.82) is 0 Å². The topological polar surface area (TPSA) is 32.3 Å². The Labute approximate surface area is 124 Å². The van der Waals surface area contributed by atoms with Gasteiger partial charge >= 0.3 is 0 Å². The lowest BCUT2D eigenvalue weighted by Crippen LogP contribution is -2.23. The fourth-order valence-electron chi connectivity index (χ4n) is 2.97. The molecule has 3 rings (SSSR count). The SMILES string of the molecule is CN(C)CCC1CCN(c2ncnc3ccc(F)cc23)C1. The van der Waals surface area contributed by atoms with Gasteiger partial charge in [-0.2, -0.15) is 0 Å². The first-order chi connectivity index (χ1) is 10.1. The Kier molecular flexibility index (Phi) is 4.01. The van der Waals surface area contributed by atoms with Gasteiger partial charge in [0.25, 0.3) is 0 Å². The van der Waals surface area contributed by atoms with Crippen molar-refractivity contribution < 1.29 is 4.39 Å². The first-order valence-corrected chi connectivity index (χ1v) is 7.43. The van der Waals surface area contributed by atoms with Crippen molar-refractivity contribution in [1.82, 2.24) is 14.9 Å². The molecule has 1 fully saturated rings. The van der Waals surface area contributed by atoms with Crippen molar-refractivity contribution in [2.45, 2.75) is 12.8 Å². The Morgan fingerprint density at radius 1 is 1.33 bits per heavy atom. The van der Waals surface area contributed by atoms with Crippen LogP contribution < -0.4 is 4.90 Å². The summed E-state index contributed by atoms with van der Waals surface area (Å²) in [5, 5.41) is 0.811. The van der Waals surface area contributed by atoms with E-state index in [0.717, 1.165) is 36.4 Å². The molecule has 5 heteroatoms. The third kappa shape index (κ3) is 3.13. The van der Waals surface area contributed by atoms with Crippen LogP contribution in [0.15, 0.2) is 24.5 Å². The Morgan fingerprint density at radius 2 is 2.19 bits per heavy atom. The van der Waals surface area contributed by atoms with Gasteiger partial charge in [0.05, 0.1) is 5.52 Å². The van der Waals surface area contributed by atoms with Crippen LogP contribution in [0.5, 0.6) is 0 Å². The summed E-state index contributed by atoms with van der Waals surface area (Å²) in [5.74, 6) is 1.32. The first-order valence-electron chi connectivity index (χ1n) is 7.43. The van der Waals surface area contributed by atoms with Crippen LogP contribution in [-0.2, 0) is 0 Å². The predicted octanol–water partition coefficient (Wildman–Crippen LogP) is 2.55. The van der Waals surface area contributed by atoms with Gasteiger partial charge in [-0.05, 0) is 57.6 Å². The van der Waals surface area contributed by atoms with Gasteiger partial charge in [-0.1, -0.05) is 0 Å². The Bertz CT molecular complexity index is 629. The molecule has 1 aliphatic rings. The molecule has 1 aromatic heterocycles. The second-order valence-corrected chi connectivity index (χ2v) is 6.05. The summed E-state index contributed by atoms with van der Waals surface area (Å²) in [6.07, 6.45) is 3.94. The number of rotatable bonds is 4. The maximum Gasteiger partial charge on any atom is 0.139 e. The second-order valence-electron chi connectivity index (χ2n) is 6.05. The smallest absolute Gasteiger partial charge is 0.139 e. The molecule has 1 unspecified atom stereocenters. The Hall–Kier alpha value is -1.75. The minimum Gasteiger partial charge on any atom is -0.356 e. The van der Waals surface area contributed by atoms with Gasteiger partial charge in [0, 0.05) is 18.5 Å². The van der Waals surface area contributed by atoms with Crippen LogP contribution in [0.1, 0.15) is 12.8 Å². The van der Waals surface area contributed by atoms with Crippen LogP contribution >= 0.6 is 0 Å². The van der Waals surface area contributed by atoms with Gasteiger partial charge in [0.1, 0.15) is 18.0 Å². The molecule has 0 saturated carbocycles. The Balaban J connectivity index is 1.80. The number of halogens is 1. The van der Waals surface area contributed by atoms with Crippen LogP contribution in [0, 0.1) is 11.7 Å². The zero-order chi connectivity index (χ0) is 14.8. The van der Waals surface area contributed by atoms with Gasteiger partial charge in [0.2, 0.25) is 0 Å². The van der Waals surface area contributed by atoms with Gasteiger partial charge in [0.15, 0.2) is 0 Å². The highest BCUT2D eigenvalue weighted by atomic mass is 19.1. The zero-order valence-corrected chi connectivity index (χ0v) is 12.6. The van der Waals surface area contributed by atoms with Crippen molar-refractivity contribution >= 4 is 16.7 Å². The number of anilines is 1. The number of benzene rings is 1. The third-order valence-electron chi connectivity index (χ3n) is 4.15. The van der Waals surface area contributed by atoms with Gasteiger partial charge in [-0.15, -0.1) is 0 Å². The van der Waals surface area contributed by atoms with E-state index in [2.05, 4.69) is 33.9 Å². The monoisotopic (exact) mass is 288 g/mol. The summed E-state index contributed by atoms with van der Waals surface area (Å²) in [5.41, 5.74) is 0.804. The number of hydrogen-bond donors (Lipinski definition) is 0. The van der Waals surface area contributed by atoms with Crippen LogP contribution in [-0.4, -0.2) is 48.6 Å². The molecule has 21 heavy (non-hydrogen) atoms. The van der Waals surface area contributed by atoms with Crippen LogP contribution in [0.4, 0.5) is 10.2 Å². The highest BCUT2D eigenvalue weighted by Gasteiger charge is 2.24. The standard InChI is InChI=1S/C16H21FN4/c1-20(2)7-5-12-6-8-21(10-12)16-14-9-13(17)3-4-15(14)18-11-19-16/h3-4,9,11-12H,5-8,10H2,1-2H3. The van der Waals surface area contributed by atoms with E-state index in [9.17, 15) is 4.39 Å². The molecule has 0 radical (unpaired) electrons. The molecule has 112 valence electrons. The maximum atomic E-state index is 13.5. The van der Waals surface area contributed by atoms with Gasteiger partial charge in [-0.25, -0.2) is 14.4 Å². The molecular formula is C16H21FN4. The average molecular weight is 288 g/mol. The number of fused-ring (bicyclic) bond motifs is 1. The molecule has 2 heterocycles. The summed E-state index contributed by atoms with van der Waals surface area (Å²) >= 11 is 0. The number of nitrogens with zero attached hydrogens (tertiary/aromatic N) is 4. The van der Waals surface area contributed by atoms with E-state index < -0.39 is 0 Å². The molecule has 0 spiro atoms. The molecule has 1 saturated heterocycles. The predicted molar refractivity (Wildman–Crippen MR) is 83.0 cm³/mol. The molecule has 1 atom stereocenters.